The van der Waals surface area contributed by atoms with Crippen molar-refractivity contribution < 1.29 is 14.3 Å². The fraction of sp³-hybridized carbons (Fsp3) is 0.192. The van der Waals surface area contributed by atoms with E-state index in [-0.39, 0.29) is 11.9 Å². The Morgan fingerprint density at radius 2 is 1.76 bits per heavy atom. The van der Waals surface area contributed by atoms with E-state index >= 15 is 0 Å². The van der Waals surface area contributed by atoms with E-state index < -0.39 is 0 Å². The highest BCUT2D eigenvalue weighted by atomic mass is 16.5. The molecule has 0 fully saturated rings. The zero-order valence-electron chi connectivity index (χ0n) is 18.9. The Morgan fingerprint density at radius 3 is 2.42 bits per heavy atom. The van der Waals surface area contributed by atoms with Crippen molar-refractivity contribution >= 4 is 5.91 Å². The third kappa shape index (κ3) is 5.20. The van der Waals surface area contributed by atoms with E-state index in [0.717, 1.165) is 22.5 Å². The first kappa shape index (κ1) is 22.1. The molecular formula is C26H26N4O3. The maximum Gasteiger partial charge on any atom is 0.251 e. The van der Waals surface area contributed by atoms with Gasteiger partial charge in [0, 0.05) is 29.8 Å². The molecule has 7 heteroatoms. The van der Waals surface area contributed by atoms with E-state index in [9.17, 15) is 4.79 Å². The summed E-state index contributed by atoms with van der Waals surface area (Å²) in [5.74, 6) is 1.10. The van der Waals surface area contributed by atoms with E-state index in [1.54, 1.807) is 37.8 Å². The van der Waals surface area contributed by atoms with Crippen LogP contribution in [0.25, 0.3) is 5.69 Å². The highest BCUT2D eigenvalue weighted by molar-refractivity contribution is 5.94. The lowest BCUT2D eigenvalue weighted by Crippen LogP contribution is -2.26. The van der Waals surface area contributed by atoms with Crippen molar-refractivity contribution in [3.63, 3.8) is 0 Å². The van der Waals surface area contributed by atoms with Gasteiger partial charge in [-0.25, -0.2) is 4.68 Å². The lowest BCUT2D eigenvalue weighted by atomic mass is 10.1. The summed E-state index contributed by atoms with van der Waals surface area (Å²) in [7, 11) is 1.60. The summed E-state index contributed by atoms with van der Waals surface area (Å²) in [4.78, 5) is 16.8. The second-order valence-electron chi connectivity index (χ2n) is 7.68. The molecule has 0 aliphatic heterocycles. The smallest absolute Gasteiger partial charge is 0.251 e. The van der Waals surface area contributed by atoms with Gasteiger partial charge in [0.05, 0.1) is 18.8 Å². The quantitative estimate of drug-likeness (QED) is 0.430. The van der Waals surface area contributed by atoms with Crippen molar-refractivity contribution in [3.05, 3.63) is 102 Å². The molecule has 7 nitrogen and oxygen atoms in total. The number of carbonyl (C=O) groups excluding carboxylic acids is 1. The predicted molar refractivity (Wildman–Crippen MR) is 126 cm³/mol. The van der Waals surface area contributed by atoms with E-state index in [1.807, 2.05) is 67.1 Å². The number of amides is 1. The van der Waals surface area contributed by atoms with E-state index in [2.05, 4.69) is 15.4 Å². The van der Waals surface area contributed by atoms with Crippen LogP contribution in [-0.4, -0.2) is 27.8 Å². The van der Waals surface area contributed by atoms with Crippen LogP contribution >= 0.6 is 0 Å². The zero-order chi connectivity index (χ0) is 23.2. The van der Waals surface area contributed by atoms with Crippen LogP contribution in [0.4, 0.5) is 0 Å². The monoisotopic (exact) mass is 442 g/mol. The molecule has 33 heavy (non-hydrogen) atoms. The minimum absolute atomic E-state index is 0.150. The van der Waals surface area contributed by atoms with Crippen LogP contribution in [0.2, 0.25) is 0 Å². The average molecular weight is 443 g/mol. The van der Waals surface area contributed by atoms with Gasteiger partial charge in [-0.2, -0.15) is 5.10 Å². The van der Waals surface area contributed by atoms with Crippen molar-refractivity contribution in [1.82, 2.24) is 20.1 Å². The highest BCUT2D eigenvalue weighted by Gasteiger charge is 2.15. The zero-order valence-corrected chi connectivity index (χ0v) is 18.9. The molecule has 1 amide bonds. The molecule has 0 saturated carbocycles. The lowest BCUT2D eigenvalue weighted by Gasteiger charge is -2.17. The molecule has 4 rings (SSSR count). The standard InChI is InChI=1S/C26H26N4O3/c1-18-10-15-28-30(18)23-7-4-21(5-8-23)26(31)29-19(2)22-6-9-24(25(16-22)32-3)33-17-20-11-13-27-14-12-20/h4-16,19H,17H2,1-3H3,(H,29,31). The molecule has 1 N–H and O–H groups in total. The van der Waals surface area contributed by atoms with Gasteiger partial charge in [-0.3, -0.25) is 9.78 Å². The second-order valence-corrected chi connectivity index (χ2v) is 7.68. The Bertz CT molecular complexity index is 1220. The fourth-order valence-corrected chi connectivity index (χ4v) is 3.47. The molecule has 0 radical (unpaired) electrons. The molecule has 2 aromatic carbocycles. The van der Waals surface area contributed by atoms with Crippen molar-refractivity contribution in [2.75, 3.05) is 7.11 Å². The normalized spacial score (nSPS) is 11.6. The van der Waals surface area contributed by atoms with Crippen molar-refractivity contribution in [2.45, 2.75) is 26.5 Å². The molecule has 0 aliphatic carbocycles. The molecule has 0 bridgehead atoms. The average Bonchev–Trinajstić information content (AvgIpc) is 3.29. The summed E-state index contributed by atoms with van der Waals surface area (Å²) in [6.07, 6.45) is 5.21. The minimum atomic E-state index is -0.214. The van der Waals surface area contributed by atoms with E-state index in [1.165, 1.54) is 0 Å². The maximum atomic E-state index is 12.8. The number of nitrogens with zero attached hydrogens (tertiary/aromatic N) is 3. The number of ether oxygens (including phenoxy) is 2. The second kappa shape index (κ2) is 9.99. The molecular weight excluding hydrogens is 416 g/mol. The van der Waals surface area contributed by atoms with Gasteiger partial charge in [0.15, 0.2) is 11.5 Å². The van der Waals surface area contributed by atoms with Crippen LogP contribution in [0.15, 0.2) is 79.3 Å². The number of benzene rings is 2. The summed E-state index contributed by atoms with van der Waals surface area (Å²) < 4.78 is 13.2. The van der Waals surface area contributed by atoms with Gasteiger partial charge in [-0.15, -0.1) is 0 Å². The third-order valence-electron chi connectivity index (χ3n) is 5.39. The first-order chi connectivity index (χ1) is 16.0. The number of aromatic nitrogens is 3. The van der Waals surface area contributed by atoms with Crippen LogP contribution in [0.5, 0.6) is 11.5 Å². The topological polar surface area (TPSA) is 78.3 Å². The molecule has 2 aromatic heterocycles. The lowest BCUT2D eigenvalue weighted by molar-refractivity contribution is 0.0940. The van der Waals surface area contributed by atoms with Crippen molar-refractivity contribution in [2.24, 2.45) is 0 Å². The summed E-state index contributed by atoms with van der Waals surface area (Å²) >= 11 is 0. The number of nitrogens with one attached hydrogen (secondary N) is 1. The summed E-state index contributed by atoms with van der Waals surface area (Å²) in [5.41, 5.74) is 4.46. The molecule has 1 atom stereocenters. The van der Waals surface area contributed by atoms with Crippen molar-refractivity contribution in [1.29, 1.82) is 0 Å². The molecule has 1 unspecified atom stereocenters. The number of aryl methyl sites for hydroxylation is 1. The van der Waals surface area contributed by atoms with Crippen LogP contribution in [0, 0.1) is 6.92 Å². The molecule has 168 valence electrons. The predicted octanol–water partition coefficient (Wildman–Crippen LogP) is 4.65. The van der Waals surface area contributed by atoms with E-state index in [0.29, 0.717) is 23.7 Å². The third-order valence-corrected chi connectivity index (χ3v) is 5.39. The van der Waals surface area contributed by atoms with Gasteiger partial charge in [0.1, 0.15) is 6.61 Å². The number of carbonyl (C=O) groups is 1. The van der Waals surface area contributed by atoms with Crippen LogP contribution in [0.1, 0.15) is 40.1 Å². The Kier molecular flexibility index (Phi) is 6.69. The van der Waals surface area contributed by atoms with Crippen LogP contribution in [-0.2, 0) is 6.61 Å². The minimum Gasteiger partial charge on any atom is -0.493 e. The molecule has 0 saturated heterocycles. The Hall–Kier alpha value is -4.13. The van der Waals surface area contributed by atoms with Gasteiger partial charge in [-0.05, 0) is 79.6 Å². The van der Waals surface area contributed by atoms with Gasteiger partial charge in [0.2, 0.25) is 0 Å². The van der Waals surface area contributed by atoms with Gasteiger partial charge >= 0.3 is 0 Å². The highest BCUT2D eigenvalue weighted by Crippen LogP contribution is 2.31. The number of rotatable bonds is 8. The number of hydrogen-bond donors (Lipinski definition) is 1. The van der Waals surface area contributed by atoms with Crippen molar-refractivity contribution in [3.8, 4) is 17.2 Å². The van der Waals surface area contributed by atoms with Crippen LogP contribution < -0.4 is 14.8 Å². The Labute approximate surface area is 193 Å². The number of pyridine rings is 1. The molecule has 2 heterocycles. The first-order valence-corrected chi connectivity index (χ1v) is 10.7. The largest absolute Gasteiger partial charge is 0.493 e. The molecule has 0 spiro atoms. The Balaban J connectivity index is 1.41. The van der Waals surface area contributed by atoms with Gasteiger partial charge in [-0.1, -0.05) is 6.07 Å². The van der Waals surface area contributed by atoms with Gasteiger partial charge < -0.3 is 14.8 Å². The van der Waals surface area contributed by atoms with Crippen LogP contribution in [0.3, 0.4) is 0 Å². The molecule has 0 aliphatic rings. The molecule has 4 aromatic rings. The summed E-state index contributed by atoms with van der Waals surface area (Å²) in [5, 5.41) is 7.34. The fourth-order valence-electron chi connectivity index (χ4n) is 3.47. The number of methoxy groups -OCH3 is 1. The number of hydrogen-bond acceptors (Lipinski definition) is 5. The van der Waals surface area contributed by atoms with E-state index in [4.69, 9.17) is 9.47 Å². The first-order valence-electron chi connectivity index (χ1n) is 10.7. The van der Waals surface area contributed by atoms with Gasteiger partial charge in [0.25, 0.3) is 5.91 Å². The SMILES string of the molecule is COc1cc(C(C)NC(=O)c2ccc(-n3nccc3C)cc2)ccc1OCc1ccncc1. The summed E-state index contributed by atoms with van der Waals surface area (Å²) in [6, 6.07) is 18.6. The maximum absolute atomic E-state index is 12.8. The summed E-state index contributed by atoms with van der Waals surface area (Å²) in [6.45, 7) is 4.34. The Morgan fingerprint density at radius 1 is 1.00 bits per heavy atom.